The summed E-state index contributed by atoms with van der Waals surface area (Å²) in [5.41, 5.74) is 0. The fraction of sp³-hybridized carbons (Fsp3) is 0.600. The first-order valence-corrected chi connectivity index (χ1v) is 6.12. The van der Waals surface area contributed by atoms with Gasteiger partial charge in [-0.05, 0) is 35.4 Å². The Labute approximate surface area is 103 Å². The highest BCUT2D eigenvalue weighted by Gasteiger charge is 2.20. The average Bonchev–Trinajstić information content (AvgIpc) is 2.30. The second-order valence-corrected chi connectivity index (χ2v) is 4.78. The number of hydrogen-bond donors (Lipinski definition) is 0. The van der Waals surface area contributed by atoms with E-state index in [1.54, 1.807) is 13.4 Å². The van der Waals surface area contributed by atoms with Gasteiger partial charge in [-0.3, -0.25) is 0 Å². The molecule has 1 saturated heterocycles. The van der Waals surface area contributed by atoms with Crippen molar-refractivity contribution in [3.8, 4) is 0 Å². The van der Waals surface area contributed by atoms with Crippen LogP contribution in [0.1, 0.15) is 12.8 Å². The van der Waals surface area contributed by atoms with Crippen LogP contribution in [0, 0.1) is 3.57 Å². The molecule has 0 amide bonds. The maximum absolute atomic E-state index is 5.34. The lowest BCUT2D eigenvalue weighted by atomic mass is 10.1. The molecule has 15 heavy (non-hydrogen) atoms. The van der Waals surface area contributed by atoms with Crippen LogP contribution in [0.3, 0.4) is 0 Å². The van der Waals surface area contributed by atoms with Gasteiger partial charge in [-0.25, -0.2) is 9.97 Å². The van der Waals surface area contributed by atoms with E-state index in [1.165, 1.54) is 0 Å². The molecule has 0 N–H and O–H groups in total. The van der Waals surface area contributed by atoms with Gasteiger partial charge < -0.3 is 9.64 Å². The fourth-order valence-corrected chi connectivity index (χ4v) is 2.48. The molecule has 0 bridgehead atoms. The van der Waals surface area contributed by atoms with Crippen LogP contribution in [0.2, 0.25) is 0 Å². The molecule has 5 heteroatoms. The van der Waals surface area contributed by atoms with Crippen molar-refractivity contribution in [2.24, 2.45) is 0 Å². The van der Waals surface area contributed by atoms with Gasteiger partial charge in [0.15, 0.2) is 0 Å². The first-order valence-electron chi connectivity index (χ1n) is 5.04. The minimum atomic E-state index is 0.417. The molecule has 1 fully saturated rings. The molecule has 0 atom stereocenters. The molecule has 0 unspecified atom stereocenters. The Bertz CT molecular complexity index is 326. The number of aromatic nitrogens is 2. The van der Waals surface area contributed by atoms with Gasteiger partial charge in [0.25, 0.3) is 0 Å². The highest BCUT2D eigenvalue weighted by molar-refractivity contribution is 14.1. The third kappa shape index (κ3) is 2.57. The van der Waals surface area contributed by atoms with E-state index in [1.807, 2.05) is 6.20 Å². The van der Waals surface area contributed by atoms with E-state index in [4.69, 9.17) is 4.74 Å². The van der Waals surface area contributed by atoms with Gasteiger partial charge in [0.2, 0.25) is 0 Å². The minimum Gasteiger partial charge on any atom is -0.381 e. The van der Waals surface area contributed by atoms with Gasteiger partial charge >= 0.3 is 0 Å². The Balaban J connectivity index is 2.04. The molecule has 82 valence electrons. The molecule has 4 nitrogen and oxygen atoms in total. The zero-order chi connectivity index (χ0) is 10.7. The number of anilines is 1. The number of piperidine rings is 1. The van der Waals surface area contributed by atoms with Crippen LogP contribution >= 0.6 is 22.6 Å². The van der Waals surface area contributed by atoms with Crippen molar-refractivity contribution < 1.29 is 4.74 Å². The molecule has 0 radical (unpaired) electrons. The molecule has 0 aromatic carbocycles. The van der Waals surface area contributed by atoms with Crippen molar-refractivity contribution in [3.05, 3.63) is 16.1 Å². The van der Waals surface area contributed by atoms with Gasteiger partial charge in [0, 0.05) is 26.4 Å². The standard InChI is InChI=1S/C10H14IN3O/c1-15-8-2-4-14(5-3-8)10-9(11)6-12-7-13-10/h6-8H,2-5H2,1H3. The lowest BCUT2D eigenvalue weighted by molar-refractivity contribution is 0.0817. The summed E-state index contributed by atoms with van der Waals surface area (Å²) in [4.78, 5) is 10.6. The highest BCUT2D eigenvalue weighted by atomic mass is 127. The summed E-state index contributed by atoms with van der Waals surface area (Å²) in [5.74, 6) is 1.06. The van der Waals surface area contributed by atoms with E-state index in [2.05, 4.69) is 37.5 Å². The predicted octanol–water partition coefficient (Wildman–Crippen LogP) is 1.70. The molecule has 1 aromatic rings. The van der Waals surface area contributed by atoms with Gasteiger partial charge in [-0.2, -0.15) is 0 Å². The number of ether oxygens (including phenoxy) is 1. The van der Waals surface area contributed by atoms with Crippen molar-refractivity contribution in [3.63, 3.8) is 0 Å². The van der Waals surface area contributed by atoms with Crippen LogP contribution in [-0.2, 0) is 4.74 Å². The summed E-state index contributed by atoms with van der Waals surface area (Å²) in [6.07, 6.45) is 6.04. The molecule has 0 spiro atoms. The topological polar surface area (TPSA) is 38.2 Å². The van der Waals surface area contributed by atoms with Gasteiger partial charge in [-0.1, -0.05) is 0 Å². The van der Waals surface area contributed by atoms with Gasteiger partial charge in [-0.15, -0.1) is 0 Å². The summed E-state index contributed by atoms with van der Waals surface area (Å²) < 4.78 is 6.46. The minimum absolute atomic E-state index is 0.417. The van der Waals surface area contributed by atoms with E-state index >= 15 is 0 Å². The molecule has 1 aliphatic heterocycles. The van der Waals surface area contributed by atoms with Gasteiger partial charge in [0.05, 0.1) is 9.67 Å². The van der Waals surface area contributed by atoms with Crippen molar-refractivity contribution in [2.75, 3.05) is 25.1 Å². The van der Waals surface area contributed by atoms with E-state index < -0.39 is 0 Å². The lowest BCUT2D eigenvalue weighted by Crippen LogP contribution is -2.37. The molecular formula is C10H14IN3O. The Morgan fingerprint density at radius 1 is 1.47 bits per heavy atom. The summed E-state index contributed by atoms with van der Waals surface area (Å²) in [6, 6.07) is 0. The number of nitrogens with zero attached hydrogens (tertiary/aromatic N) is 3. The van der Waals surface area contributed by atoms with E-state index in [0.29, 0.717) is 6.10 Å². The maximum Gasteiger partial charge on any atom is 0.145 e. The third-order valence-corrected chi connectivity index (χ3v) is 3.48. The first kappa shape index (κ1) is 11.1. The Hall–Kier alpha value is -0.430. The van der Waals surface area contributed by atoms with E-state index in [9.17, 15) is 0 Å². The maximum atomic E-state index is 5.34. The third-order valence-electron chi connectivity index (χ3n) is 2.72. The average molecular weight is 319 g/mol. The summed E-state index contributed by atoms with van der Waals surface area (Å²) in [6.45, 7) is 2.04. The van der Waals surface area contributed by atoms with E-state index in [0.717, 1.165) is 35.3 Å². The predicted molar refractivity (Wildman–Crippen MR) is 67.0 cm³/mol. The van der Waals surface area contributed by atoms with E-state index in [-0.39, 0.29) is 0 Å². The molecule has 1 aliphatic rings. The Morgan fingerprint density at radius 3 is 2.80 bits per heavy atom. The fourth-order valence-electron chi connectivity index (χ4n) is 1.84. The zero-order valence-corrected chi connectivity index (χ0v) is 10.8. The van der Waals surface area contributed by atoms with Gasteiger partial charge in [0.1, 0.15) is 12.1 Å². The zero-order valence-electron chi connectivity index (χ0n) is 8.69. The normalized spacial score (nSPS) is 18.1. The quantitative estimate of drug-likeness (QED) is 0.778. The van der Waals surface area contributed by atoms with Crippen molar-refractivity contribution in [1.29, 1.82) is 0 Å². The number of rotatable bonds is 2. The summed E-state index contributed by atoms with van der Waals surface area (Å²) in [5, 5.41) is 0. The molecule has 2 rings (SSSR count). The highest BCUT2D eigenvalue weighted by Crippen LogP contribution is 2.22. The molecular weight excluding hydrogens is 305 g/mol. The first-order chi connectivity index (χ1) is 7.31. The van der Waals surface area contributed by atoms with Crippen molar-refractivity contribution >= 4 is 28.4 Å². The molecule has 1 aromatic heterocycles. The van der Waals surface area contributed by atoms with Crippen LogP contribution in [0.4, 0.5) is 5.82 Å². The van der Waals surface area contributed by atoms with Crippen molar-refractivity contribution in [1.82, 2.24) is 9.97 Å². The van der Waals surface area contributed by atoms with Crippen LogP contribution in [-0.4, -0.2) is 36.3 Å². The largest absolute Gasteiger partial charge is 0.381 e. The van der Waals surface area contributed by atoms with Crippen LogP contribution in [0.15, 0.2) is 12.5 Å². The molecule has 0 saturated carbocycles. The monoisotopic (exact) mass is 319 g/mol. The molecule has 2 heterocycles. The summed E-state index contributed by atoms with van der Waals surface area (Å²) >= 11 is 2.28. The Kier molecular flexibility index (Phi) is 3.74. The smallest absolute Gasteiger partial charge is 0.145 e. The number of halogens is 1. The number of hydrogen-bond acceptors (Lipinski definition) is 4. The molecule has 0 aliphatic carbocycles. The second-order valence-electron chi connectivity index (χ2n) is 3.62. The van der Waals surface area contributed by atoms with Crippen LogP contribution in [0.25, 0.3) is 0 Å². The van der Waals surface area contributed by atoms with Crippen LogP contribution < -0.4 is 4.90 Å². The summed E-state index contributed by atoms with van der Waals surface area (Å²) in [7, 11) is 1.79. The van der Waals surface area contributed by atoms with Crippen LogP contribution in [0.5, 0.6) is 0 Å². The second kappa shape index (κ2) is 5.07. The van der Waals surface area contributed by atoms with Crippen molar-refractivity contribution in [2.45, 2.75) is 18.9 Å². The number of methoxy groups -OCH3 is 1. The lowest BCUT2D eigenvalue weighted by Gasteiger charge is -2.32. The Morgan fingerprint density at radius 2 is 2.20 bits per heavy atom. The SMILES string of the molecule is COC1CCN(c2ncncc2I)CC1.